The molecule has 1 aliphatic heterocycles. The van der Waals surface area contributed by atoms with Crippen LogP contribution in [0.15, 0.2) is 0 Å². The van der Waals surface area contributed by atoms with E-state index in [0.717, 1.165) is 0 Å². The molecule has 1 rings (SSSR count). The second kappa shape index (κ2) is 6.58. The zero-order valence-corrected chi connectivity index (χ0v) is 11.2. The van der Waals surface area contributed by atoms with Crippen LogP contribution in [0, 0.1) is 5.92 Å². The molecule has 0 aliphatic carbocycles. The predicted octanol–water partition coefficient (Wildman–Crippen LogP) is 1.47. The molecule has 2 N–H and O–H groups in total. The average molecular weight is 228 g/mol. The Balaban J connectivity index is 2.26. The number of nitrogens with one attached hydrogen (secondary N) is 1. The van der Waals surface area contributed by atoms with Crippen molar-refractivity contribution in [3.63, 3.8) is 0 Å². The second-order valence-corrected chi connectivity index (χ2v) is 5.52. The lowest BCUT2D eigenvalue weighted by Gasteiger charge is -2.36. The maximum absolute atomic E-state index is 9.10. The maximum Gasteiger partial charge on any atom is 0.0471 e. The predicted molar refractivity (Wildman–Crippen MR) is 68.6 cm³/mol. The summed E-state index contributed by atoms with van der Waals surface area (Å²) < 4.78 is 0. The second-order valence-electron chi connectivity index (χ2n) is 5.52. The van der Waals surface area contributed by atoms with Crippen LogP contribution in [0.1, 0.15) is 40.5 Å². The summed E-state index contributed by atoms with van der Waals surface area (Å²) in [5.41, 5.74) is 0. The SMILES string of the molecule is CC(CO)C(C)NC1CCN(C(C)C)CC1. The van der Waals surface area contributed by atoms with Crippen LogP contribution in [0.5, 0.6) is 0 Å². The summed E-state index contributed by atoms with van der Waals surface area (Å²) in [7, 11) is 0. The standard InChI is InChI=1S/C13H28N2O/c1-10(2)15-7-5-13(6-8-15)14-12(4)11(3)9-16/h10-14,16H,5-9H2,1-4H3. The Morgan fingerprint density at radius 2 is 1.75 bits per heavy atom. The molecule has 96 valence electrons. The molecule has 1 fully saturated rings. The third-order valence-electron chi connectivity index (χ3n) is 3.90. The molecule has 0 saturated carbocycles. The van der Waals surface area contributed by atoms with Crippen molar-refractivity contribution in [2.75, 3.05) is 19.7 Å². The van der Waals surface area contributed by atoms with Crippen molar-refractivity contribution in [2.45, 2.75) is 58.7 Å². The topological polar surface area (TPSA) is 35.5 Å². The van der Waals surface area contributed by atoms with Gasteiger partial charge in [-0.15, -0.1) is 0 Å². The summed E-state index contributed by atoms with van der Waals surface area (Å²) in [4.78, 5) is 2.54. The van der Waals surface area contributed by atoms with Gasteiger partial charge in [0.25, 0.3) is 0 Å². The summed E-state index contributed by atoms with van der Waals surface area (Å²) in [6, 6.07) is 1.73. The fourth-order valence-electron chi connectivity index (χ4n) is 2.28. The molecule has 0 aromatic heterocycles. The Morgan fingerprint density at radius 1 is 1.19 bits per heavy atom. The minimum Gasteiger partial charge on any atom is -0.396 e. The number of piperidine rings is 1. The molecule has 0 amide bonds. The molecule has 2 atom stereocenters. The number of hydrogen-bond donors (Lipinski definition) is 2. The van der Waals surface area contributed by atoms with E-state index in [2.05, 4.69) is 37.9 Å². The van der Waals surface area contributed by atoms with Gasteiger partial charge in [0, 0.05) is 24.7 Å². The zero-order chi connectivity index (χ0) is 12.1. The molecule has 3 heteroatoms. The fourth-order valence-corrected chi connectivity index (χ4v) is 2.28. The van der Waals surface area contributed by atoms with Crippen molar-refractivity contribution >= 4 is 0 Å². The van der Waals surface area contributed by atoms with Crippen LogP contribution in [0.2, 0.25) is 0 Å². The highest BCUT2D eigenvalue weighted by Gasteiger charge is 2.22. The van der Waals surface area contributed by atoms with E-state index < -0.39 is 0 Å². The minimum absolute atomic E-state index is 0.277. The van der Waals surface area contributed by atoms with Crippen molar-refractivity contribution in [2.24, 2.45) is 5.92 Å². The van der Waals surface area contributed by atoms with Crippen LogP contribution in [0.3, 0.4) is 0 Å². The van der Waals surface area contributed by atoms with E-state index in [-0.39, 0.29) is 6.61 Å². The van der Waals surface area contributed by atoms with Crippen molar-refractivity contribution in [3.8, 4) is 0 Å². The van der Waals surface area contributed by atoms with E-state index in [0.29, 0.717) is 24.0 Å². The van der Waals surface area contributed by atoms with Gasteiger partial charge >= 0.3 is 0 Å². The lowest BCUT2D eigenvalue weighted by atomic mass is 9.99. The number of hydrogen-bond acceptors (Lipinski definition) is 3. The maximum atomic E-state index is 9.10. The summed E-state index contributed by atoms with van der Waals surface area (Å²) in [6.07, 6.45) is 2.47. The number of rotatable bonds is 5. The van der Waals surface area contributed by atoms with Gasteiger partial charge in [-0.2, -0.15) is 0 Å². The van der Waals surface area contributed by atoms with Crippen LogP contribution in [-0.2, 0) is 0 Å². The number of nitrogens with zero attached hydrogens (tertiary/aromatic N) is 1. The van der Waals surface area contributed by atoms with Gasteiger partial charge in [-0.3, -0.25) is 0 Å². The molecule has 0 bridgehead atoms. The van der Waals surface area contributed by atoms with Crippen LogP contribution in [0.25, 0.3) is 0 Å². The third kappa shape index (κ3) is 4.04. The molecular weight excluding hydrogens is 200 g/mol. The molecule has 0 spiro atoms. The van der Waals surface area contributed by atoms with E-state index in [1.807, 2.05) is 0 Å². The molecule has 2 unspecified atom stereocenters. The Morgan fingerprint density at radius 3 is 2.19 bits per heavy atom. The van der Waals surface area contributed by atoms with Gasteiger partial charge in [0.1, 0.15) is 0 Å². The van der Waals surface area contributed by atoms with E-state index >= 15 is 0 Å². The summed E-state index contributed by atoms with van der Waals surface area (Å²) in [5.74, 6) is 0.350. The smallest absolute Gasteiger partial charge is 0.0471 e. The first-order valence-electron chi connectivity index (χ1n) is 6.65. The number of aliphatic hydroxyl groups is 1. The molecule has 0 aromatic rings. The first kappa shape index (κ1) is 13.9. The average Bonchev–Trinajstić information content (AvgIpc) is 2.28. The molecule has 1 heterocycles. The molecular formula is C13H28N2O. The highest BCUT2D eigenvalue weighted by Crippen LogP contribution is 2.14. The molecule has 0 aromatic carbocycles. The fraction of sp³-hybridized carbons (Fsp3) is 1.00. The van der Waals surface area contributed by atoms with Crippen molar-refractivity contribution in [1.82, 2.24) is 10.2 Å². The van der Waals surface area contributed by atoms with E-state index in [1.54, 1.807) is 0 Å². The molecule has 16 heavy (non-hydrogen) atoms. The van der Waals surface area contributed by atoms with Gasteiger partial charge in [0.2, 0.25) is 0 Å². The minimum atomic E-state index is 0.277. The highest BCUT2D eigenvalue weighted by atomic mass is 16.3. The third-order valence-corrected chi connectivity index (χ3v) is 3.90. The molecule has 3 nitrogen and oxygen atoms in total. The number of aliphatic hydroxyl groups excluding tert-OH is 1. The van der Waals surface area contributed by atoms with Crippen LogP contribution < -0.4 is 5.32 Å². The first-order chi connectivity index (χ1) is 7.54. The van der Waals surface area contributed by atoms with Crippen molar-refractivity contribution in [3.05, 3.63) is 0 Å². The molecule has 0 radical (unpaired) electrons. The number of likely N-dealkylation sites (tertiary alicyclic amines) is 1. The summed E-state index contributed by atoms with van der Waals surface area (Å²) in [6.45, 7) is 11.5. The normalized spacial score (nSPS) is 23.6. The van der Waals surface area contributed by atoms with Gasteiger partial charge in [0.15, 0.2) is 0 Å². The Kier molecular flexibility index (Phi) is 5.73. The highest BCUT2D eigenvalue weighted by molar-refractivity contribution is 4.81. The van der Waals surface area contributed by atoms with Gasteiger partial charge in [-0.1, -0.05) is 6.92 Å². The van der Waals surface area contributed by atoms with Crippen molar-refractivity contribution in [1.29, 1.82) is 0 Å². The van der Waals surface area contributed by atoms with Gasteiger partial charge in [-0.25, -0.2) is 0 Å². The zero-order valence-electron chi connectivity index (χ0n) is 11.2. The van der Waals surface area contributed by atoms with E-state index in [9.17, 15) is 0 Å². The van der Waals surface area contributed by atoms with Gasteiger partial charge in [-0.05, 0) is 52.6 Å². The van der Waals surface area contributed by atoms with Crippen LogP contribution in [0.4, 0.5) is 0 Å². The van der Waals surface area contributed by atoms with Gasteiger partial charge in [0.05, 0.1) is 0 Å². The lowest BCUT2D eigenvalue weighted by Crippen LogP contribution is -2.48. The monoisotopic (exact) mass is 228 g/mol. The Hall–Kier alpha value is -0.120. The first-order valence-corrected chi connectivity index (χ1v) is 6.65. The lowest BCUT2D eigenvalue weighted by molar-refractivity contribution is 0.144. The van der Waals surface area contributed by atoms with E-state index in [1.165, 1.54) is 25.9 Å². The largest absolute Gasteiger partial charge is 0.396 e. The molecule has 1 aliphatic rings. The summed E-state index contributed by atoms with van der Waals surface area (Å²) in [5, 5.41) is 12.7. The summed E-state index contributed by atoms with van der Waals surface area (Å²) >= 11 is 0. The van der Waals surface area contributed by atoms with Gasteiger partial charge < -0.3 is 15.3 Å². The van der Waals surface area contributed by atoms with Crippen LogP contribution in [-0.4, -0.2) is 47.8 Å². The Bertz CT molecular complexity index is 188. The van der Waals surface area contributed by atoms with Crippen LogP contribution >= 0.6 is 0 Å². The molecule has 1 saturated heterocycles. The van der Waals surface area contributed by atoms with E-state index in [4.69, 9.17) is 5.11 Å². The van der Waals surface area contributed by atoms with Crippen molar-refractivity contribution < 1.29 is 5.11 Å². The quantitative estimate of drug-likeness (QED) is 0.748. The Labute approximate surface area is 100 Å².